The van der Waals surface area contributed by atoms with Crippen molar-refractivity contribution in [3.8, 4) is 0 Å². The second kappa shape index (κ2) is 5.04. The highest BCUT2D eigenvalue weighted by atomic mass is 35.5. The van der Waals surface area contributed by atoms with Gasteiger partial charge in [0.1, 0.15) is 0 Å². The van der Waals surface area contributed by atoms with Gasteiger partial charge in [0.2, 0.25) is 0 Å². The Hall–Kier alpha value is -1.45. The monoisotopic (exact) mass is 267 g/mol. The Morgan fingerprint density at radius 1 is 1.06 bits per heavy atom. The highest BCUT2D eigenvalue weighted by Gasteiger charge is 2.16. The van der Waals surface area contributed by atoms with Crippen LogP contribution >= 0.6 is 11.6 Å². The van der Waals surface area contributed by atoms with Gasteiger partial charge in [-0.15, -0.1) is 0 Å². The molecule has 0 heterocycles. The van der Waals surface area contributed by atoms with Crippen LogP contribution in [0.4, 0.5) is 8.78 Å². The summed E-state index contributed by atoms with van der Waals surface area (Å²) in [6.45, 7) is 1.96. The fourth-order valence-electron chi connectivity index (χ4n) is 1.73. The van der Waals surface area contributed by atoms with E-state index in [0.717, 1.165) is 23.3 Å². The molecule has 1 unspecified atom stereocenters. The third-order valence-electron chi connectivity index (χ3n) is 2.81. The largest absolute Gasteiger partial charge is 0.320 e. The second-order valence-electron chi connectivity index (χ2n) is 4.18. The van der Waals surface area contributed by atoms with Crippen molar-refractivity contribution in [3.05, 3.63) is 69.7 Å². The van der Waals surface area contributed by atoms with Crippen molar-refractivity contribution in [2.75, 3.05) is 0 Å². The van der Waals surface area contributed by atoms with Gasteiger partial charge in [-0.25, -0.2) is 8.78 Å². The molecule has 0 aliphatic carbocycles. The molecule has 2 rings (SSSR count). The molecule has 94 valence electrons. The zero-order chi connectivity index (χ0) is 13.3. The number of hydrogen-bond acceptors (Lipinski definition) is 1. The summed E-state index contributed by atoms with van der Waals surface area (Å²) in [4.78, 5) is 0. The number of halogens is 3. The molecule has 0 aliphatic heterocycles. The summed E-state index contributed by atoms with van der Waals surface area (Å²) < 4.78 is 26.2. The average Bonchev–Trinajstić information content (AvgIpc) is 2.34. The minimum absolute atomic E-state index is 0.127. The number of hydrogen-bond donors (Lipinski definition) is 1. The van der Waals surface area contributed by atoms with E-state index in [1.807, 2.05) is 31.2 Å². The SMILES string of the molecule is Cc1ccc(C(N)c2cc(F)c(F)cc2Cl)cc1. The van der Waals surface area contributed by atoms with Gasteiger partial charge in [-0.3, -0.25) is 0 Å². The first-order chi connectivity index (χ1) is 8.49. The molecule has 1 nitrogen and oxygen atoms in total. The van der Waals surface area contributed by atoms with Crippen LogP contribution in [0.3, 0.4) is 0 Å². The van der Waals surface area contributed by atoms with Crippen LogP contribution < -0.4 is 5.73 Å². The van der Waals surface area contributed by atoms with E-state index < -0.39 is 17.7 Å². The second-order valence-corrected chi connectivity index (χ2v) is 4.58. The summed E-state index contributed by atoms with van der Waals surface area (Å²) in [5.41, 5.74) is 8.29. The first kappa shape index (κ1) is 13.0. The number of aryl methyl sites for hydroxylation is 1. The summed E-state index contributed by atoms with van der Waals surface area (Å²) in [5, 5.41) is 0.127. The van der Waals surface area contributed by atoms with Gasteiger partial charge in [-0.05, 0) is 30.2 Å². The molecule has 0 saturated heterocycles. The first-order valence-corrected chi connectivity index (χ1v) is 5.83. The molecule has 2 aromatic rings. The molecule has 18 heavy (non-hydrogen) atoms. The van der Waals surface area contributed by atoms with Crippen molar-refractivity contribution < 1.29 is 8.78 Å². The molecule has 0 saturated carbocycles. The van der Waals surface area contributed by atoms with Crippen LogP contribution in [0.1, 0.15) is 22.7 Å². The Morgan fingerprint density at radius 3 is 2.22 bits per heavy atom. The predicted molar refractivity (Wildman–Crippen MR) is 68.6 cm³/mol. The molecule has 1 atom stereocenters. The maximum absolute atomic E-state index is 13.2. The molecule has 0 fully saturated rings. The number of rotatable bonds is 2. The van der Waals surface area contributed by atoms with E-state index in [1.54, 1.807) is 0 Å². The average molecular weight is 268 g/mol. The molecule has 0 aromatic heterocycles. The highest BCUT2D eigenvalue weighted by molar-refractivity contribution is 6.31. The minimum atomic E-state index is -0.972. The van der Waals surface area contributed by atoms with E-state index in [9.17, 15) is 8.78 Å². The lowest BCUT2D eigenvalue weighted by Gasteiger charge is -2.15. The fourth-order valence-corrected chi connectivity index (χ4v) is 2.00. The van der Waals surface area contributed by atoms with Gasteiger partial charge in [0.15, 0.2) is 11.6 Å². The molecule has 0 aliphatic rings. The molecule has 2 aromatic carbocycles. The van der Waals surface area contributed by atoms with E-state index in [4.69, 9.17) is 17.3 Å². The molecule has 0 spiro atoms. The molecule has 4 heteroatoms. The third-order valence-corrected chi connectivity index (χ3v) is 3.14. The van der Waals surface area contributed by atoms with Gasteiger partial charge in [-0.2, -0.15) is 0 Å². The van der Waals surface area contributed by atoms with Crippen molar-refractivity contribution in [2.24, 2.45) is 5.73 Å². The summed E-state index contributed by atoms with van der Waals surface area (Å²) >= 11 is 5.89. The van der Waals surface area contributed by atoms with E-state index in [-0.39, 0.29) is 5.02 Å². The summed E-state index contributed by atoms with van der Waals surface area (Å²) in [5.74, 6) is -1.92. The molecule has 0 bridgehead atoms. The lowest BCUT2D eigenvalue weighted by molar-refractivity contribution is 0.506. The topological polar surface area (TPSA) is 26.0 Å². The minimum Gasteiger partial charge on any atom is -0.320 e. The Morgan fingerprint density at radius 2 is 1.61 bits per heavy atom. The van der Waals surface area contributed by atoms with Crippen LogP contribution in [-0.4, -0.2) is 0 Å². The van der Waals surface area contributed by atoms with Crippen molar-refractivity contribution >= 4 is 11.6 Å². The van der Waals surface area contributed by atoms with Crippen LogP contribution in [0.15, 0.2) is 36.4 Å². The fraction of sp³-hybridized carbons (Fsp3) is 0.143. The van der Waals surface area contributed by atoms with Crippen LogP contribution in [0.5, 0.6) is 0 Å². The zero-order valence-corrected chi connectivity index (χ0v) is 10.5. The van der Waals surface area contributed by atoms with Gasteiger partial charge < -0.3 is 5.73 Å². The zero-order valence-electron chi connectivity index (χ0n) is 9.75. The van der Waals surface area contributed by atoms with Gasteiger partial charge in [0.25, 0.3) is 0 Å². The first-order valence-electron chi connectivity index (χ1n) is 5.45. The molecular weight excluding hydrogens is 256 g/mol. The normalized spacial score (nSPS) is 12.5. The van der Waals surface area contributed by atoms with Gasteiger partial charge in [-0.1, -0.05) is 41.4 Å². The van der Waals surface area contributed by atoms with Crippen LogP contribution in [-0.2, 0) is 0 Å². The molecular formula is C14H12ClF2N. The van der Waals surface area contributed by atoms with E-state index >= 15 is 0 Å². The molecule has 0 radical (unpaired) electrons. The van der Waals surface area contributed by atoms with Gasteiger partial charge >= 0.3 is 0 Å². The summed E-state index contributed by atoms with van der Waals surface area (Å²) in [7, 11) is 0. The lowest BCUT2D eigenvalue weighted by atomic mass is 9.98. The van der Waals surface area contributed by atoms with E-state index in [2.05, 4.69) is 0 Å². The summed E-state index contributed by atoms with van der Waals surface area (Å²) in [6, 6.07) is 8.91. The Bertz CT molecular complexity index is 567. The van der Waals surface area contributed by atoms with Crippen molar-refractivity contribution in [1.82, 2.24) is 0 Å². The molecule has 0 amide bonds. The predicted octanol–water partition coefficient (Wildman–Crippen LogP) is 3.97. The van der Waals surface area contributed by atoms with E-state index in [1.165, 1.54) is 0 Å². The van der Waals surface area contributed by atoms with Gasteiger partial charge in [0.05, 0.1) is 6.04 Å². The number of benzene rings is 2. The van der Waals surface area contributed by atoms with Crippen molar-refractivity contribution in [3.63, 3.8) is 0 Å². The van der Waals surface area contributed by atoms with Crippen LogP contribution in [0, 0.1) is 18.6 Å². The summed E-state index contributed by atoms with van der Waals surface area (Å²) in [6.07, 6.45) is 0. The van der Waals surface area contributed by atoms with Crippen molar-refractivity contribution in [1.29, 1.82) is 0 Å². The maximum Gasteiger partial charge on any atom is 0.160 e. The lowest BCUT2D eigenvalue weighted by Crippen LogP contribution is -2.13. The smallest absolute Gasteiger partial charge is 0.160 e. The van der Waals surface area contributed by atoms with Crippen LogP contribution in [0.25, 0.3) is 0 Å². The Labute approximate surface area is 109 Å². The van der Waals surface area contributed by atoms with Crippen LogP contribution in [0.2, 0.25) is 5.02 Å². The van der Waals surface area contributed by atoms with Crippen molar-refractivity contribution in [2.45, 2.75) is 13.0 Å². The Balaban J connectivity index is 2.42. The molecule has 2 N–H and O–H groups in total. The standard InChI is InChI=1S/C14H12ClF2N/c1-8-2-4-9(5-3-8)14(18)10-6-12(16)13(17)7-11(10)15/h2-7,14H,18H2,1H3. The highest BCUT2D eigenvalue weighted by Crippen LogP contribution is 2.28. The maximum atomic E-state index is 13.2. The quantitative estimate of drug-likeness (QED) is 0.819. The third kappa shape index (κ3) is 2.52. The number of nitrogens with two attached hydrogens (primary N) is 1. The van der Waals surface area contributed by atoms with E-state index in [0.29, 0.717) is 5.56 Å². The van der Waals surface area contributed by atoms with Gasteiger partial charge in [0, 0.05) is 5.02 Å². The Kier molecular flexibility index (Phi) is 3.64.